The molecule has 0 aromatic rings. The topological polar surface area (TPSA) is 74.6 Å². The maximum Gasteiger partial charge on any atom is 0.187 e. The molecular formula is C40H52O4. The summed E-state index contributed by atoms with van der Waals surface area (Å²) >= 11 is 0. The highest BCUT2D eigenvalue weighted by atomic mass is 16.3. The average Bonchev–Trinajstić information content (AvgIpc) is 2.92. The molecule has 236 valence electrons. The lowest BCUT2D eigenvalue weighted by Gasteiger charge is -2.36. The van der Waals surface area contributed by atoms with E-state index in [0.29, 0.717) is 12.0 Å². The monoisotopic (exact) mass is 596 g/mol. The highest BCUT2D eigenvalue weighted by Crippen LogP contribution is 2.40. The van der Waals surface area contributed by atoms with Crippen molar-refractivity contribution in [3.05, 3.63) is 130 Å². The minimum Gasteiger partial charge on any atom is -0.392 e. The van der Waals surface area contributed by atoms with Crippen LogP contribution in [0.15, 0.2) is 130 Å². The lowest BCUT2D eigenvalue weighted by molar-refractivity contribution is -0.125. The van der Waals surface area contributed by atoms with Crippen LogP contribution in [0.4, 0.5) is 0 Å². The standard InChI is InChI=1S/C40H52O4/c1-27(17-13-19-29(3)21-23-33-32(6)38(44)36(42)26-39(33,7)8)15-11-12-16-28(2)18-14-20-30(4)22-24-34-31(5)35(41)25-37(43)40(34,9)10/h11-24,36-37,42-43H,25-26H2,1-10H3/b12-11+,17-13+,18-14+,23-21+,24-22+,27-15+,28-16+,29-19+,30-20+/t36-,37-/m1/s1. The molecule has 0 aromatic carbocycles. The molecule has 0 amide bonds. The molecule has 2 rings (SSSR count). The predicted molar refractivity (Wildman–Crippen MR) is 185 cm³/mol. The van der Waals surface area contributed by atoms with E-state index in [9.17, 15) is 19.8 Å². The third-order valence-electron chi connectivity index (χ3n) is 8.53. The summed E-state index contributed by atoms with van der Waals surface area (Å²) in [5, 5.41) is 20.4. The van der Waals surface area contributed by atoms with E-state index in [-0.39, 0.29) is 23.4 Å². The Morgan fingerprint density at radius 2 is 1.09 bits per heavy atom. The molecule has 0 aliphatic heterocycles. The van der Waals surface area contributed by atoms with Gasteiger partial charge in [0.1, 0.15) is 6.10 Å². The molecule has 0 fully saturated rings. The first-order valence-corrected chi connectivity index (χ1v) is 15.4. The summed E-state index contributed by atoms with van der Waals surface area (Å²) in [6.45, 7) is 19.9. The van der Waals surface area contributed by atoms with Gasteiger partial charge in [-0.2, -0.15) is 0 Å². The number of aliphatic hydroxyl groups excluding tert-OH is 2. The van der Waals surface area contributed by atoms with E-state index in [2.05, 4.69) is 39.0 Å². The predicted octanol–water partition coefficient (Wildman–Crippen LogP) is 8.91. The molecule has 0 saturated heterocycles. The van der Waals surface area contributed by atoms with Crippen molar-refractivity contribution in [2.75, 3.05) is 0 Å². The van der Waals surface area contributed by atoms with Crippen LogP contribution in [-0.2, 0) is 9.59 Å². The maximum absolute atomic E-state index is 12.2. The van der Waals surface area contributed by atoms with Gasteiger partial charge in [0, 0.05) is 11.8 Å². The molecule has 0 radical (unpaired) electrons. The fourth-order valence-electron chi connectivity index (χ4n) is 5.43. The maximum atomic E-state index is 12.2. The second-order valence-corrected chi connectivity index (χ2v) is 13.3. The van der Waals surface area contributed by atoms with E-state index < -0.39 is 17.6 Å². The zero-order valence-corrected chi connectivity index (χ0v) is 28.4. The zero-order chi connectivity index (χ0) is 33.2. The van der Waals surface area contributed by atoms with Crippen molar-refractivity contribution in [3.8, 4) is 0 Å². The lowest BCUT2D eigenvalue weighted by Crippen LogP contribution is -2.38. The first-order valence-electron chi connectivity index (χ1n) is 15.4. The third-order valence-corrected chi connectivity index (χ3v) is 8.53. The van der Waals surface area contributed by atoms with E-state index in [0.717, 1.165) is 39.0 Å². The van der Waals surface area contributed by atoms with Gasteiger partial charge in [-0.3, -0.25) is 9.59 Å². The van der Waals surface area contributed by atoms with Crippen molar-refractivity contribution < 1.29 is 19.8 Å². The normalized spacial score (nSPS) is 24.5. The number of aliphatic hydroxyl groups is 2. The van der Waals surface area contributed by atoms with Gasteiger partial charge >= 0.3 is 0 Å². The molecule has 0 bridgehead atoms. The van der Waals surface area contributed by atoms with Crippen molar-refractivity contribution in [1.29, 1.82) is 0 Å². The van der Waals surface area contributed by atoms with Crippen LogP contribution in [-0.4, -0.2) is 34.0 Å². The van der Waals surface area contributed by atoms with Crippen LogP contribution in [0.5, 0.6) is 0 Å². The van der Waals surface area contributed by atoms with Crippen LogP contribution in [0, 0.1) is 10.8 Å². The second kappa shape index (κ2) is 15.9. The fourth-order valence-corrected chi connectivity index (χ4v) is 5.43. The molecule has 2 aliphatic carbocycles. The summed E-state index contributed by atoms with van der Waals surface area (Å²) in [7, 11) is 0. The summed E-state index contributed by atoms with van der Waals surface area (Å²) < 4.78 is 0. The average molecular weight is 597 g/mol. The Kier molecular flexibility index (Phi) is 13.2. The van der Waals surface area contributed by atoms with Crippen LogP contribution in [0.2, 0.25) is 0 Å². The molecular weight excluding hydrogens is 544 g/mol. The molecule has 0 heterocycles. The van der Waals surface area contributed by atoms with E-state index in [4.69, 9.17) is 0 Å². The van der Waals surface area contributed by atoms with Crippen molar-refractivity contribution in [2.24, 2.45) is 10.8 Å². The summed E-state index contributed by atoms with van der Waals surface area (Å²) in [6.07, 6.45) is 27.4. The summed E-state index contributed by atoms with van der Waals surface area (Å²) in [5.41, 5.74) is 6.92. The summed E-state index contributed by atoms with van der Waals surface area (Å²) in [6, 6.07) is 0. The number of rotatable bonds is 10. The smallest absolute Gasteiger partial charge is 0.187 e. The Morgan fingerprint density at radius 3 is 1.59 bits per heavy atom. The minimum atomic E-state index is -0.907. The lowest BCUT2D eigenvalue weighted by atomic mass is 9.70. The minimum absolute atomic E-state index is 0.0127. The number of carbonyl (C=O) groups is 2. The Hall–Kier alpha value is -3.60. The van der Waals surface area contributed by atoms with E-state index >= 15 is 0 Å². The van der Waals surface area contributed by atoms with Gasteiger partial charge in [0.2, 0.25) is 0 Å². The summed E-state index contributed by atoms with van der Waals surface area (Å²) in [5.74, 6) is -0.163. The number of allylic oxidation sites excluding steroid dienone is 20. The van der Waals surface area contributed by atoms with Crippen LogP contribution in [0.1, 0.15) is 82.1 Å². The zero-order valence-electron chi connectivity index (χ0n) is 28.4. The molecule has 2 atom stereocenters. The van der Waals surface area contributed by atoms with E-state index in [1.54, 1.807) is 6.92 Å². The number of hydrogen-bond acceptors (Lipinski definition) is 4. The Bertz CT molecular complexity index is 1450. The van der Waals surface area contributed by atoms with Gasteiger partial charge in [0.15, 0.2) is 11.6 Å². The molecule has 44 heavy (non-hydrogen) atoms. The van der Waals surface area contributed by atoms with Crippen molar-refractivity contribution in [3.63, 3.8) is 0 Å². The van der Waals surface area contributed by atoms with Gasteiger partial charge in [0.05, 0.1) is 6.10 Å². The molecule has 0 unspecified atom stereocenters. The Balaban J connectivity index is 1.95. The number of ketones is 2. The third kappa shape index (κ3) is 10.2. The number of Topliss-reactive ketones (excluding diaryl/α,β-unsaturated/α-hetero) is 2. The van der Waals surface area contributed by atoms with Crippen molar-refractivity contribution in [2.45, 2.75) is 94.3 Å². The van der Waals surface area contributed by atoms with Gasteiger partial charge in [0.25, 0.3) is 0 Å². The molecule has 2 aliphatic rings. The van der Waals surface area contributed by atoms with Crippen LogP contribution < -0.4 is 0 Å². The highest BCUT2D eigenvalue weighted by molar-refractivity contribution is 6.00. The largest absolute Gasteiger partial charge is 0.392 e. The first-order chi connectivity index (χ1) is 20.5. The summed E-state index contributed by atoms with van der Waals surface area (Å²) in [4.78, 5) is 24.4. The van der Waals surface area contributed by atoms with Crippen molar-refractivity contribution >= 4 is 11.6 Å². The number of hydrogen-bond donors (Lipinski definition) is 2. The molecule has 2 N–H and O–H groups in total. The molecule has 0 spiro atoms. The molecule has 0 saturated carbocycles. The highest BCUT2D eigenvalue weighted by Gasteiger charge is 2.39. The van der Waals surface area contributed by atoms with Crippen LogP contribution in [0.3, 0.4) is 0 Å². The van der Waals surface area contributed by atoms with Gasteiger partial charge < -0.3 is 10.2 Å². The fraction of sp³-hybridized carbons (Fsp3) is 0.400. The van der Waals surface area contributed by atoms with E-state index in [1.165, 1.54) is 0 Å². The number of carbonyl (C=O) groups excluding carboxylic acids is 2. The van der Waals surface area contributed by atoms with E-state index in [1.807, 2.05) is 108 Å². The second-order valence-electron chi connectivity index (χ2n) is 13.3. The van der Waals surface area contributed by atoms with Gasteiger partial charge in [-0.15, -0.1) is 0 Å². The first kappa shape index (κ1) is 36.6. The SMILES string of the molecule is CC1=C(/C=C/C(C)=C/C=C/C(C)=C/C=C/C=C(C)/C=C/C=C(C)/C=C/C2=C(C)C(=O)C[C@@H](O)C2(C)C)C(C)(C)C[C@@H](O)C1=O. The Labute approximate surface area is 265 Å². The molecule has 4 heteroatoms. The van der Waals surface area contributed by atoms with Crippen LogP contribution in [0.25, 0.3) is 0 Å². The van der Waals surface area contributed by atoms with Gasteiger partial charge in [-0.1, -0.05) is 135 Å². The molecule has 0 aromatic heterocycles. The molecule has 4 nitrogen and oxygen atoms in total. The Morgan fingerprint density at radius 1 is 0.659 bits per heavy atom. The quantitative estimate of drug-likeness (QED) is 0.247. The van der Waals surface area contributed by atoms with Crippen molar-refractivity contribution in [1.82, 2.24) is 0 Å². The van der Waals surface area contributed by atoms with Gasteiger partial charge in [-0.05, 0) is 75.7 Å². The van der Waals surface area contributed by atoms with Gasteiger partial charge in [-0.25, -0.2) is 0 Å². The van der Waals surface area contributed by atoms with Crippen LogP contribution >= 0.6 is 0 Å².